The normalized spacial score (nSPS) is 14.3. The highest BCUT2D eigenvalue weighted by Crippen LogP contribution is 2.28. The van der Waals surface area contributed by atoms with Crippen molar-refractivity contribution in [2.24, 2.45) is 0 Å². The molecule has 1 aromatic carbocycles. The maximum atomic E-state index is 13.4. The SMILES string of the molecule is COCC(C)N1CCc2nc(C(=O)Nc3cc(C(=O)OC(C)(C)C)ccc3CNC(=O)c3ccc(Cl)s3)sc2C1. The molecule has 0 saturated heterocycles. The van der Waals surface area contributed by atoms with Gasteiger partial charge in [-0.3, -0.25) is 14.5 Å². The molecule has 3 heterocycles. The van der Waals surface area contributed by atoms with Crippen molar-refractivity contribution in [3.63, 3.8) is 0 Å². The summed E-state index contributed by atoms with van der Waals surface area (Å²) in [5.74, 6) is -1.18. The molecule has 9 nitrogen and oxygen atoms in total. The van der Waals surface area contributed by atoms with E-state index in [0.29, 0.717) is 38.6 Å². The molecule has 0 radical (unpaired) electrons. The van der Waals surface area contributed by atoms with E-state index in [0.717, 1.165) is 23.5 Å². The van der Waals surface area contributed by atoms with Crippen LogP contribution in [-0.4, -0.2) is 59.6 Å². The fourth-order valence-corrected chi connectivity index (χ4v) is 6.21. The lowest BCUT2D eigenvalue weighted by atomic mass is 10.1. The number of methoxy groups -OCH3 is 1. The van der Waals surface area contributed by atoms with Crippen molar-refractivity contribution < 1.29 is 23.9 Å². The standard InChI is InChI=1S/C28H33ClN4O5S2/c1-16(15-37-5)33-11-10-19-22(14-33)40-26(32-19)25(35)31-20-12-17(27(36)38-28(2,3)4)6-7-18(20)13-30-24(34)21-8-9-23(29)39-21/h6-9,12,16H,10-11,13-15H2,1-5H3,(H,30,34)(H,31,35). The quantitative estimate of drug-likeness (QED) is 0.315. The monoisotopic (exact) mass is 604 g/mol. The number of hydrogen-bond donors (Lipinski definition) is 2. The first-order valence-corrected chi connectivity index (χ1v) is 14.9. The number of anilines is 1. The van der Waals surface area contributed by atoms with Gasteiger partial charge in [-0.05, 0) is 57.5 Å². The lowest BCUT2D eigenvalue weighted by Crippen LogP contribution is -2.39. The highest BCUT2D eigenvalue weighted by molar-refractivity contribution is 7.18. The minimum absolute atomic E-state index is 0.124. The molecule has 2 amide bonds. The number of aromatic nitrogens is 1. The van der Waals surface area contributed by atoms with Crippen molar-refractivity contribution in [3.05, 3.63) is 66.3 Å². The number of halogens is 1. The predicted octanol–water partition coefficient (Wildman–Crippen LogP) is 5.39. The number of amides is 2. The maximum Gasteiger partial charge on any atom is 0.338 e. The predicted molar refractivity (Wildman–Crippen MR) is 158 cm³/mol. The van der Waals surface area contributed by atoms with E-state index < -0.39 is 11.6 Å². The zero-order valence-electron chi connectivity index (χ0n) is 23.1. The van der Waals surface area contributed by atoms with Crippen molar-refractivity contribution in [1.29, 1.82) is 0 Å². The molecule has 12 heteroatoms. The van der Waals surface area contributed by atoms with Crippen LogP contribution in [0.15, 0.2) is 30.3 Å². The summed E-state index contributed by atoms with van der Waals surface area (Å²) in [6, 6.07) is 8.45. The van der Waals surface area contributed by atoms with Gasteiger partial charge in [0.15, 0.2) is 5.01 Å². The molecular formula is C28H33ClN4O5S2. The Balaban J connectivity index is 1.54. The molecule has 0 aliphatic carbocycles. The third-order valence-corrected chi connectivity index (χ3v) is 8.53. The number of esters is 1. The summed E-state index contributed by atoms with van der Waals surface area (Å²) in [5, 5.41) is 6.11. The molecule has 214 valence electrons. The van der Waals surface area contributed by atoms with Crippen LogP contribution in [0.3, 0.4) is 0 Å². The maximum absolute atomic E-state index is 13.4. The van der Waals surface area contributed by atoms with Gasteiger partial charge < -0.3 is 20.1 Å². The molecule has 0 spiro atoms. The number of carbonyl (C=O) groups excluding carboxylic acids is 3. The molecule has 1 aliphatic rings. The van der Waals surface area contributed by atoms with Gasteiger partial charge >= 0.3 is 5.97 Å². The number of nitrogens with one attached hydrogen (secondary N) is 2. The molecule has 40 heavy (non-hydrogen) atoms. The summed E-state index contributed by atoms with van der Waals surface area (Å²) >= 11 is 8.51. The van der Waals surface area contributed by atoms with Gasteiger partial charge in [0.05, 0.1) is 27.1 Å². The molecule has 3 aromatic rings. The van der Waals surface area contributed by atoms with Crippen molar-refractivity contribution >= 4 is 57.7 Å². The Bertz CT molecular complexity index is 1400. The van der Waals surface area contributed by atoms with Crippen molar-refractivity contribution in [2.75, 3.05) is 25.6 Å². The number of nitrogens with zero attached hydrogens (tertiary/aromatic N) is 2. The highest BCUT2D eigenvalue weighted by Gasteiger charge is 2.26. The van der Waals surface area contributed by atoms with Crippen LogP contribution in [0.25, 0.3) is 0 Å². The lowest BCUT2D eigenvalue weighted by molar-refractivity contribution is 0.00692. The van der Waals surface area contributed by atoms with E-state index in [2.05, 4.69) is 27.4 Å². The average molecular weight is 605 g/mol. The van der Waals surface area contributed by atoms with Gasteiger partial charge in [-0.2, -0.15) is 0 Å². The average Bonchev–Trinajstić information content (AvgIpc) is 3.52. The first-order chi connectivity index (χ1) is 18.9. The molecule has 1 aliphatic heterocycles. The van der Waals surface area contributed by atoms with E-state index in [1.807, 2.05) is 0 Å². The second kappa shape index (κ2) is 12.8. The van der Waals surface area contributed by atoms with Crippen molar-refractivity contribution in [3.8, 4) is 0 Å². The van der Waals surface area contributed by atoms with E-state index in [9.17, 15) is 14.4 Å². The van der Waals surface area contributed by atoms with Gasteiger partial charge in [-0.1, -0.05) is 17.7 Å². The van der Waals surface area contributed by atoms with Crippen molar-refractivity contribution in [1.82, 2.24) is 15.2 Å². The molecule has 1 atom stereocenters. The fraction of sp³-hybridized carbons (Fsp3) is 0.429. The topological polar surface area (TPSA) is 110 Å². The van der Waals surface area contributed by atoms with Crippen LogP contribution in [-0.2, 0) is 29.0 Å². The van der Waals surface area contributed by atoms with Crippen LogP contribution >= 0.6 is 34.3 Å². The van der Waals surface area contributed by atoms with E-state index in [1.165, 1.54) is 22.7 Å². The molecule has 4 rings (SSSR count). The van der Waals surface area contributed by atoms with Gasteiger partial charge in [-0.25, -0.2) is 9.78 Å². The van der Waals surface area contributed by atoms with Crippen LogP contribution in [0.1, 0.15) is 73.7 Å². The minimum Gasteiger partial charge on any atom is -0.456 e. The number of ether oxygens (including phenoxy) is 2. The fourth-order valence-electron chi connectivity index (χ4n) is 4.22. The number of benzene rings is 1. The molecule has 0 saturated carbocycles. The van der Waals surface area contributed by atoms with Gasteiger partial charge in [0.25, 0.3) is 11.8 Å². The first kappa shape index (κ1) is 30.1. The summed E-state index contributed by atoms with van der Waals surface area (Å²) in [7, 11) is 1.69. The third-order valence-electron chi connectivity index (χ3n) is 6.22. The summed E-state index contributed by atoms with van der Waals surface area (Å²) in [4.78, 5) is 47.2. The minimum atomic E-state index is -0.677. The van der Waals surface area contributed by atoms with Gasteiger partial charge in [0, 0.05) is 49.8 Å². The Morgan fingerprint density at radius 1 is 1.15 bits per heavy atom. The van der Waals surface area contributed by atoms with E-state index in [-0.39, 0.29) is 30.0 Å². The molecule has 0 fully saturated rings. The van der Waals surface area contributed by atoms with Crippen LogP contribution in [0.5, 0.6) is 0 Å². The van der Waals surface area contributed by atoms with E-state index >= 15 is 0 Å². The number of hydrogen-bond acceptors (Lipinski definition) is 9. The Hall–Kier alpha value is -2.83. The molecular weight excluding hydrogens is 572 g/mol. The molecule has 2 N–H and O–H groups in total. The summed E-state index contributed by atoms with van der Waals surface area (Å²) in [6.07, 6.45) is 0.755. The lowest BCUT2D eigenvalue weighted by Gasteiger charge is -2.31. The second-order valence-corrected chi connectivity index (χ2v) is 13.3. The Labute approximate surface area is 246 Å². The van der Waals surface area contributed by atoms with E-state index in [1.54, 1.807) is 58.2 Å². The summed E-state index contributed by atoms with van der Waals surface area (Å²) in [6.45, 7) is 9.80. The number of carbonyl (C=O) groups is 3. The van der Waals surface area contributed by atoms with Gasteiger partial charge in [0.1, 0.15) is 5.60 Å². The number of thiazole rings is 1. The highest BCUT2D eigenvalue weighted by atomic mass is 35.5. The van der Waals surface area contributed by atoms with Crippen LogP contribution < -0.4 is 10.6 Å². The molecule has 1 unspecified atom stereocenters. The van der Waals surface area contributed by atoms with Gasteiger partial charge in [-0.15, -0.1) is 22.7 Å². The summed E-state index contributed by atoms with van der Waals surface area (Å²) < 4.78 is 11.3. The first-order valence-electron chi connectivity index (χ1n) is 12.9. The van der Waals surface area contributed by atoms with Crippen LogP contribution in [0.4, 0.5) is 5.69 Å². The number of rotatable bonds is 9. The van der Waals surface area contributed by atoms with E-state index in [4.69, 9.17) is 21.1 Å². The Kier molecular flexibility index (Phi) is 9.63. The van der Waals surface area contributed by atoms with Crippen molar-refractivity contribution in [2.45, 2.75) is 58.8 Å². The second-order valence-electron chi connectivity index (χ2n) is 10.5. The Morgan fingerprint density at radius 3 is 2.60 bits per heavy atom. The summed E-state index contributed by atoms with van der Waals surface area (Å²) in [5.41, 5.74) is 1.55. The van der Waals surface area contributed by atoms with Crippen LogP contribution in [0, 0.1) is 0 Å². The number of thiophene rings is 1. The zero-order chi connectivity index (χ0) is 29.0. The van der Waals surface area contributed by atoms with Crippen LogP contribution in [0.2, 0.25) is 4.34 Å². The smallest absolute Gasteiger partial charge is 0.338 e. The third kappa shape index (κ3) is 7.67. The zero-order valence-corrected chi connectivity index (χ0v) is 25.5. The molecule has 2 aromatic heterocycles. The number of fused-ring (bicyclic) bond motifs is 1. The largest absolute Gasteiger partial charge is 0.456 e. The Morgan fingerprint density at radius 2 is 1.93 bits per heavy atom. The molecule has 0 bridgehead atoms. The van der Waals surface area contributed by atoms with Gasteiger partial charge in [0.2, 0.25) is 0 Å².